The second kappa shape index (κ2) is 6.97. The Balaban J connectivity index is 1.55. The summed E-state index contributed by atoms with van der Waals surface area (Å²) in [4.78, 5) is 19.2. The minimum atomic E-state index is 0.0233. The van der Waals surface area contributed by atoms with Crippen LogP contribution in [0.2, 0.25) is 0 Å². The van der Waals surface area contributed by atoms with Gasteiger partial charge in [-0.2, -0.15) is 9.61 Å². The topological polar surface area (TPSA) is 83.8 Å². The fourth-order valence-corrected chi connectivity index (χ4v) is 3.58. The van der Waals surface area contributed by atoms with Gasteiger partial charge in [0, 0.05) is 51.3 Å². The summed E-state index contributed by atoms with van der Waals surface area (Å²) in [5.74, 6) is 1.23. The highest BCUT2D eigenvalue weighted by molar-refractivity contribution is 5.82. The van der Waals surface area contributed by atoms with Crippen LogP contribution in [-0.4, -0.2) is 66.9 Å². The molecule has 1 amide bonds. The molecule has 2 aromatic rings. The summed E-state index contributed by atoms with van der Waals surface area (Å²) in [7, 11) is 1.64. The number of hydrogen-bond donors (Lipinski definition) is 2. The van der Waals surface area contributed by atoms with Gasteiger partial charge in [0.2, 0.25) is 5.91 Å². The normalized spacial score (nSPS) is 17.9. The molecule has 2 N–H and O–H groups in total. The Kier molecular flexibility index (Phi) is 4.54. The molecule has 8 nitrogen and oxygen atoms in total. The van der Waals surface area contributed by atoms with Crippen LogP contribution in [0.5, 0.6) is 0 Å². The number of nitrogens with one attached hydrogen (secondary N) is 2. The molecule has 0 aromatic carbocycles. The van der Waals surface area contributed by atoms with Crippen LogP contribution in [0.1, 0.15) is 11.3 Å². The summed E-state index contributed by atoms with van der Waals surface area (Å²) in [6.07, 6.45) is 3.66. The van der Waals surface area contributed by atoms with Crippen molar-refractivity contribution in [2.24, 2.45) is 5.92 Å². The predicted molar refractivity (Wildman–Crippen MR) is 93.9 cm³/mol. The van der Waals surface area contributed by atoms with Crippen molar-refractivity contribution in [2.75, 3.05) is 51.3 Å². The summed E-state index contributed by atoms with van der Waals surface area (Å²) in [6, 6.07) is 1.94. The number of nitrogens with zero attached hydrogens (tertiary/aromatic N) is 4. The van der Waals surface area contributed by atoms with E-state index in [9.17, 15) is 4.79 Å². The van der Waals surface area contributed by atoms with E-state index in [0.29, 0.717) is 13.2 Å². The van der Waals surface area contributed by atoms with Gasteiger partial charge >= 0.3 is 0 Å². The third-order valence-corrected chi connectivity index (χ3v) is 4.94. The molecule has 0 unspecified atom stereocenters. The van der Waals surface area contributed by atoms with Crippen LogP contribution < -0.4 is 15.5 Å². The molecule has 134 valence electrons. The Hall–Kier alpha value is -2.19. The molecule has 1 saturated heterocycles. The summed E-state index contributed by atoms with van der Waals surface area (Å²) in [5.41, 5.74) is 3.30. The molecule has 2 aromatic heterocycles. The minimum absolute atomic E-state index is 0.0233. The maximum Gasteiger partial charge on any atom is 0.226 e. The van der Waals surface area contributed by atoms with Gasteiger partial charge in [-0.1, -0.05) is 0 Å². The van der Waals surface area contributed by atoms with E-state index >= 15 is 0 Å². The van der Waals surface area contributed by atoms with Crippen molar-refractivity contribution in [1.29, 1.82) is 0 Å². The summed E-state index contributed by atoms with van der Waals surface area (Å²) < 4.78 is 6.90. The molecule has 2 aliphatic rings. The van der Waals surface area contributed by atoms with Gasteiger partial charge in [-0.3, -0.25) is 4.79 Å². The molecular formula is C17H24N6O2. The number of anilines is 1. The number of aromatic nitrogens is 3. The maximum atomic E-state index is 12.2. The van der Waals surface area contributed by atoms with Crippen molar-refractivity contribution in [2.45, 2.75) is 12.8 Å². The lowest BCUT2D eigenvalue weighted by atomic mass is 9.97. The highest BCUT2D eigenvalue weighted by atomic mass is 16.5. The fourth-order valence-electron chi connectivity index (χ4n) is 3.58. The van der Waals surface area contributed by atoms with Crippen molar-refractivity contribution < 1.29 is 9.53 Å². The SMILES string of the molecule is COCCNC(=O)C1CN(c2c3c(nc4ccnn24)CCNCC3)C1. The van der Waals surface area contributed by atoms with Crippen molar-refractivity contribution in [3.63, 3.8) is 0 Å². The minimum Gasteiger partial charge on any atom is -0.383 e. The van der Waals surface area contributed by atoms with E-state index in [0.717, 1.165) is 56.2 Å². The average Bonchev–Trinajstić information content (AvgIpc) is 2.90. The standard InChI is InChI=1S/C17H24N6O2/c1-25-9-8-19-16(24)12-10-22(11-12)17-13-2-5-18-6-3-14(13)21-15-4-7-20-23(15)17/h4,7,12,18H,2-3,5-6,8-11H2,1H3,(H,19,24). The van der Waals surface area contributed by atoms with E-state index in [1.807, 2.05) is 10.6 Å². The second-order valence-corrected chi connectivity index (χ2v) is 6.60. The van der Waals surface area contributed by atoms with Crippen LogP contribution in [0.15, 0.2) is 12.3 Å². The Morgan fingerprint density at radius 3 is 3.08 bits per heavy atom. The third kappa shape index (κ3) is 3.07. The number of carbonyl (C=O) groups excluding carboxylic acids is 1. The zero-order valence-corrected chi connectivity index (χ0v) is 14.5. The van der Waals surface area contributed by atoms with Crippen molar-refractivity contribution in [1.82, 2.24) is 25.2 Å². The first-order valence-electron chi connectivity index (χ1n) is 8.85. The summed E-state index contributed by atoms with van der Waals surface area (Å²) in [6.45, 7) is 4.44. The van der Waals surface area contributed by atoms with Crippen LogP contribution in [0, 0.1) is 5.92 Å². The lowest BCUT2D eigenvalue weighted by Gasteiger charge is -2.41. The molecule has 0 saturated carbocycles. The van der Waals surface area contributed by atoms with Gasteiger partial charge in [0.05, 0.1) is 24.4 Å². The molecule has 0 aliphatic carbocycles. The molecule has 4 heterocycles. The zero-order chi connectivity index (χ0) is 17.2. The Morgan fingerprint density at radius 1 is 1.40 bits per heavy atom. The number of fused-ring (bicyclic) bond motifs is 2. The van der Waals surface area contributed by atoms with E-state index in [4.69, 9.17) is 9.72 Å². The van der Waals surface area contributed by atoms with Crippen LogP contribution in [0.4, 0.5) is 5.82 Å². The number of hydrogen-bond acceptors (Lipinski definition) is 6. The van der Waals surface area contributed by atoms with Gasteiger partial charge in [0.15, 0.2) is 5.65 Å². The number of rotatable bonds is 5. The molecule has 0 spiro atoms. The van der Waals surface area contributed by atoms with Gasteiger partial charge in [-0.25, -0.2) is 4.98 Å². The average molecular weight is 344 g/mol. The van der Waals surface area contributed by atoms with Crippen LogP contribution >= 0.6 is 0 Å². The number of amides is 1. The first kappa shape index (κ1) is 16.3. The van der Waals surface area contributed by atoms with E-state index < -0.39 is 0 Å². The molecule has 25 heavy (non-hydrogen) atoms. The third-order valence-electron chi connectivity index (χ3n) is 4.94. The van der Waals surface area contributed by atoms with Crippen molar-refractivity contribution in [3.05, 3.63) is 23.5 Å². The number of ether oxygens (including phenoxy) is 1. The van der Waals surface area contributed by atoms with E-state index in [-0.39, 0.29) is 11.8 Å². The molecular weight excluding hydrogens is 320 g/mol. The lowest BCUT2D eigenvalue weighted by Crippen LogP contribution is -2.55. The van der Waals surface area contributed by atoms with E-state index in [1.165, 1.54) is 5.56 Å². The smallest absolute Gasteiger partial charge is 0.226 e. The molecule has 0 radical (unpaired) electrons. The lowest BCUT2D eigenvalue weighted by molar-refractivity contribution is -0.125. The van der Waals surface area contributed by atoms with Crippen LogP contribution in [-0.2, 0) is 22.4 Å². The van der Waals surface area contributed by atoms with Gasteiger partial charge < -0.3 is 20.3 Å². The van der Waals surface area contributed by atoms with Gasteiger partial charge in [0.25, 0.3) is 0 Å². The molecule has 8 heteroatoms. The number of carbonyl (C=O) groups is 1. The molecule has 1 fully saturated rings. The van der Waals surface area contributed by atoms with Gasteiger partial charge in [0.1, 0.15) is 5.82 Å². The van der Waals surface area contributed by atoms with Crippen molar-refractivity contribution >= 4 is 17.4 Å². The largest absolute Gasteiger partial charge is 0.383 e. The number of methoxy groups -OCH3 is 1. The Morgan fingerprint density at radius 2 is 2.24 bits per heavy atom. The van der Waals surface area contributed by atoms with E-state index in [2.05, 4.69) is 20.6 Å². The highest BCUT2D eigenvalue weighted by Gasteiger charge is 2.36. The first-order valence-corrected chi connectivity index (χ1v) is 8.85. The maximum absolute atomic E-state index is 12.2. The Bertz CT molecular complexity index is 768. The predicted octanol–water partition coefficient (Wildman–Crippen LogP) is -0.384. The zero-order valence-electron chi connectivity index (χ0n) is 14.5. The quantitative estimate of drug-likeness (QED) is 0.719. The van der Waals surface area contributed by atoms with Gasteiger partial charge in [-0.05, 0) is 13.0 Å². The molecule has 0 bridgehead atoms. The van der Waals surface area contributed by atoms with Crippen LogP contribution in [0.25, 0.3) is 5.65 Å². The van der Waals surface area contributed by atoms with E-state index in [1.54, 1.807) is 13.3 Å². The summed E-state index contributed by atoms with van der Waals surface area (Å²) in [5, 5.41) is 10.8. The Labute approximate surface area is 146 Å². The monoisotopic (exact) mass is 344 g/mol. The first-order chi connectivity index (χ1) is 12.3. The summed E-state index contributed by atoms with van der Waals surface area (Å²) >= 11 is 0. The van der Waals surface area contributed by atoms with Gasteiger partial charge in [-0.15, -0.1) is 0 Å². The van der Waals surface area contributed by atoms with Crippen LogP contribution in [0.3, 0.4) is 0 Å². The fraction of sp³-hybridized carbons (Fsp3) is 0.588. The second-order valence-electron chi connectivity index (χ2n) is 6.60. The molecule has 0 atom stereocenters. The molecule has 4 rings (SSSR count). The molecule has 2 aliphatic heterocycles. The van der Waals surface area contributed by atoms with Crippen molar-refractivity contribution in [3.8, 4) is 0 Å². The highest BCUT2D eigenvalue weighted by Crippen LogP contribution is 2.31.